The first-order valence-electron chi connectivity index (χ1n) is 10.9. The number of piperidine rings is 1. The molecule has 1 saturated heterocycles. The van der Waals surface area contributed by atoms with Crippen LogP contribution in [0.5, 0.6) is 0 Å². The molecule has 2 atom stereocenters. The molecule has 194 valence electrons. The number of benzene rings is 1. The van der Waals surface area contributed by atoms with Crippen molar-refractivity contribution in [3.05, 3.63) is 59.9 Å². The van der Waals surface area contributed by atoms with Crippen LogP contribution in [0.3, 0.4) is 0 Å². The molecule has 1 aliphatic rings. The quantitative estimate of drug-likeness (QED) is 0.381. The molecule has 1 aliphatic heterocycles. The second kappa shape index (κ2) is 10.5. The van der Waals surface area contributed by atoms with E-state index in [-0.39, 0.29) is 23.5 Å². The minimum absolute atomic E-state index is 0.00357. The fraction of sp³-hybridized carbons (Fsp3) is 0.391. The molecule has 2 unspecified atom stereocenters. The molecular weight excluding hydrogens is 490 g/mol. The molecule has 36 heavy (non-hydrogen) atoms. The summed E-state index contributed by atoms with van der Waals surface area (Å²) in [7, 11) is 1.51. The average molecular weight is 514 g/mol. The van der Waals surface area contributed by atoms with Crippen molar-refractivity contribution in [3.8, 4) is 0 Å². The zero-order valence-corrected chi connectivity index (χ0v) is 19.3. The molecule has 0 spiro atoms. The van der Waals surface area contributed by atoms with Crippen molar-refractivity contribution in [1.82, 2.24) is 20.2 Å². The molecule has 1 aromatic heterocycles. The number of alkyl halides is 5. The van der Waals surface area contributed by atoms with Crippen LogP contribution in [0.2, 0.25) is 0 Å². The third-order valence-corrected chi connectivity index (χ3v) is 5.68. The van der Waals surface area contributed by atoms with Gasteiger partial charge in [0.25, 0.3) is 11.8 Å². The van der Waals surface area contributed by atoms with Gasteiger partial charge in [0, 0.05) is 31.8 Å². The molecular formula is C23H24F6N6O. The summed E-state index contributed by atoms with van der Waals surface area (Å²) >= 11 is 0. The molecule has 0 saturated carbocycles. The van der Waals surface area contributed by atoms with E-state index in [0.717, 1.165) is 17.2 Å². The topological polar surface area (TPSA) is 94.0 Å². The fourth-order valence-corrected chi connectivity index (χ4v) is 4.01. The molecule has 3 rings (SSSR count). The maximum atomic E-state index is 14.5. The summed E-state index contributed by atoms with van der Waals surface area (Å²) in [5.74, 6) is -5.59. The Morgan fingerprint density at radius 3 is 2.58 bits per heavy atom. The normalized spacial score (nSPS) is 20.1. The van der Waals surface area contributed by atoms with Crippen LogP contribution in [0.1, 0.15) is 24.6 Å². The summed E-state index contributed by atoms with van der Waals surface area (Å²) in [5, 5.41) is 13.9. The first kappa shape index (κ1) is 27.0. The molecule has 13 heteroatoms. The van der Waals surface area contributed by atoms with Crippen LogP contribution in [0.4, 0.5) is 32.2 Å². The van der Waals surface area contributed by atoms with E-state index in [2.05, 4.69) is 20.6 Å². The van der Waals surface area contributed by atoms with Crippen molar-refractivity contribution >= 4 is 23.0 Å². The zero-order valence-electron chi connectivity index (χ0n) is 19.3. The summed E-state index contributed by atoms with van der Waals surface area (Å²) in [6.45, 7) is 0.430. The lowest BCUT2D eigenvalue weighted by Crippen LogP contribution is -2.58. The van der Waals surface area contributed by atoms with E-state index in [0.29, 0.717) is 6.20 Å². The Morgan fingerprint density at radius 2 is 2.00 bits per heavy atom. The lowest BCUT2D eigenvalue weighted by atomic mass is 9.87. The van der Waals surface area contributed by atoms with E-state index in [9.17, 15) is 31.1 Å². The van der Waals surface area contributed by atoms with Crippen LogP contribution in [0.25, 0.3) is 5.57 Å². The van der Waals surface area contributed by atoms with Crippen molar-refractivity contribution < 1.29 is 31.1 Å². The highest BCUT2D eigenvalue weighted by Gasteiger charge is 2.46. The van der Waals surface area contributed by atoms with Gasteiger partial charge in [-0.05, 0) is 23.6 Å². The van der Waals surface area contributed by atoms with E-state index in [4.69, 9.17) is 5.41 Å². The Balaban J connectivity index is 1.84. The van der Waals surface area contributed by atoms with Crippen LogP contribution >= 0.6 is 0 Å². The number of hydrogen-bond donors (Lipinski definition) is 3. The number of nitrogens with one attached hydrogen (secondary N) is 3. The third-order valence-electron chi connectivity index (χ3n) is 5.68. The summed E-state index contributed by atoms with van der Waals surface area (Å²) in [4.78, 5) is 21.1. The monoisotopic (exact) mass is 514 g/mol. The molecule has 1 aromatic carbocycles. The Labute approximate surface area is 203 Å². The first-order valence-corrected chi connectivity index (χ1v) is 10.9. The SMILES string of the molecule is CN/C=C(\C(=N)C(=O)N1CC(F)(F)CC(C)C1CNc1cnc(C(F)(F)F)cn1)c1cccc(F)c1. The third kappa shape index (κ3) is 6.32. The average Bonchev–Trinajstić information content (AvgIpc) is 2.80. The molecule has 0 bridgehead atoms. The fourth-order valence-electron chi connectivity index (χ4n) is 4.01. The van der Waals surface area contributed by atoms with Gasteiger partial charge in [0.2, 0.25) is 0 Å². The number of rotatable bonds is 7. The largest absolute Gasteiger partial charge is 0.434 e. The molecule has 0 aliphatic carbocycles. The van der Waals surface area contributed by atoms with Gasteiger partial charge < -0.3 is 15.5 Å². The Bertz CT molecular complexity index is 1130. The highest BCUT2D eigenvalue weighted by Crippen LogP contribution is 2.35. The van der Waals surface area contributed by atoms with Crippen LogP contribution < -0.4 is 10.6 Å². The highest BCUT2D eigenvalue weighted by molar-refractivity contribution is 6.54. The zero-order chi connectivity index (χ0) is 26.7. The standard InChI is InChI=1S/C23H24F6N6O/c1-13-7-22(25,26)12-35(17(13)9-33-19-11-32-18(10-34-19)23(27,28)29)21(36)20(30)16(8-31-2)14-4-3-5-15(24)6-14/h3-6,8,10-11,13,17,30-31H,7,9,12H2,1-2H3,(H,33,34)/b16-8-,30-20?. The molecule has 7 nitrogen and oxygen atoms in total. The van der Waals surface area contributed by atoms with E-state index in [1.165, 1.54) is 38.4 Å². The minimum Gasteiger partial charge on any atom is -0.393 e. The van der Waals surface area contributed by atoms with Crippen molar-refractivity contribution in [2.24, 2.45) is 5.92 Å². The van der Waals surface area contributed by atoms with E-state index < -0.39 is 60.2 Å². The number of aromatic nitrogens is 2. The van der Waals surface area contributed by atoms with Gasteiger partial charge in [-0.1, -0.05) is 19.1 Å². The number of nitrogens with zero attached hydrogens (tertiary/aromatic N) is 3. The summed E-state index contributed by atoms with van der Waals surface area (Å²) in [5.41, 5.74) is -1.61. The lowest BCUT2D eigenvalue weighted by molar-refractivity contribution is -0.145. The summed E-state index contributed by atoms with van der Waals surface area (Å²) < 4.78 is 80.8. The second-order valence-corrected chi connectivity index (χ2v) is 8.44. The van der Waals surface area contributed by atoms with Crippen molar-refractivity contribution in [1.29, 1.82) is 5.41 Å². The van der Waals surface area contributed by atoms with Crippen LogP contribution in [0.15, 0.2) is 42.9 Å². The molecule has 1 fully saturated rings. The maximum absolute atomic E-state index is 14.5. The number of anilines is 1. The first-order chi connectivity index (χ1) is 16.8. The summed E-state index contributed by atoms with van der Waals surface area (Å²) in [6, 6.07) is 4.32. The Kier molecular flexibility index (Phi) is 7.89. The van der Waals surface area contributed by atoms with E-state index in [1.807, 2.05) is 0 Å². The van der Waals surface area contributed by atoms with Crippen molar-refractivity contribution in [3.63, 3.8) is 0 Å². The molecule has 0 radical (unpaired) electrons. The number of carbonyl (C=O) groups excluding carboxylic acids is 1. The number of hydrogen-bond acceptors (Lipinski definition) is 6. The molecule has 2 heterocycles. The van der Waals surface area contributed by atoms with Gasteiger partial charge in [-0.2, -0.15) is 13.2 Å². The van der Waals surface area contributed by atoms with Gasteiger partial charge in [-0.3, -0.25) is 10.2 Å². The molecule has 3 N–H and O–H groups in total. The van der Waals surface area contributed by atoms with Gasteiger partial charge in [-0.25, -0.2) is 23.1 Å². The van der Waals surface area contributed by atoms with Crippen molar-refractivity contribution in [2.75, 3.05) is 25.5 Å². The predicted octanol–water partition coefficient (Wildman–Crippen LogP) is 4.20. The van der Waals surface area contributed by atoms with Gasteiger partial charge in [-0.15, -0.1) is 0 Å². The van der Waals surface area contributed by atoms with Crippen LogP contribution in [0, 0.1) is 17.1 Å². The Hall–Kier alpha value is -3.64. The second-order valence-electron chi connectivity index (χ2n) is 8.44. The number of amides is 1. The number of halogens is 6. The van der Waals surface area contributed by atoms with Crippen LogP contribution in [-0.4, -0.2) is 58.6 Å². The smallest absolute Gasteiger partial charge is 0.393 e. The maximum Gasteiger partial charge on any atom is 0.434 e. The summed E-state index contributed by atoms with van der Waals surface area (Å²) in [6.07, 6.45) is -2.51. The lowest BCUT2D eigenvalue weighted by Gasteiger charge is -2.43. The van der Waals surface area contributed by atoms with Crippen LogP contribution in [-0.2, 0) is 11.0 Å². The van der Waals surface area contributed by atoms with Gasteiger partial charge >= 0.3 is 6.18 Å². The van der Waals surface area contributed by atoms with E-state index in [1.54, 1.807) is 0 Å². The van der Waals surface area contributed by atoms with Gasteiger partial charge in [0.05, 0.1) is 25.0 Å². The van der Waals surface area contributed by atoms with Crippen molar-refractivity contribution in [2.45, 2.75) is 31.5 Å². The number of likely N-dealkylation sites (tertiary alicyclic amines) is 1. The van der Waals surface area contributed by atoms with Gasteiger partial charge in [0.15, 0.2) is 5.69 Å². The minimum atomic E-state index is -4.67. The highest BCUT2D eigenvalue weighted by atomic mass is 19.4. The van der Waals surface area contributed by atoms with Gasteiger partial charge in [0.1, 0.15) is 17.3 Å². The number of carbonyl (C=O) groups is 1. The Morgan fingerprint density at radius 1 is 1.28 bits per heavy atom. The molecule has 2 aromatic rings. The molecule has 1 amide bonds. The van der Waals surface area contributed by atoms with E-state index >= 15 is 0 Å². The predicted molar refractivity (Wildman–Crippen MR) is 121 cm³/mol.